The first-order valence-corrected chi connectivity index (χ1v) is 11.1. The van der Waals surface area contributed by atoms with Crippen LogP contribution in [0, 0.1) is 5.82 Å². The maximum absolute atomic E-state index is 14.3. The van der Waals surface area contributed by atoms with E-state index in [1.54, 1.807) is 40.3 Å². The molecule has 0 bridgehead atoms. The molecule has 0 N–H and O–H groups in total. The van der Waals surface area contributed by atoms with Gasteiger partial charge in [-0.25, -0.2) is 14.4 Å². The minimum absolute atomic E-state index is 0.105. The van der Waals surface area contributed by atoms with Crippen LogP contribution >= 0.6 is 22.9 Å². The number of carbonyl (C=O) groups is 1. The Morgan fingerprint density at radius 2 is 2.06 bits per heavy atom. The minimum atomic E-state index is -0.503. The van der Waals surface area contributed by atoms with Crippen molar-refractivity contribution in [1.29, 1.82) is 0 Å². The predicted molar refractivity (Wildman–Crippen MR) is 125 cm³/mol. The first kappa shape index (κ1) is 20.5. The summed E-state index contributed by atoms with van der Waals surface area (Å²) in [5.41, 5.74) is 2.06. The average Bonchev–Trinajstić information content (AvgIpc) is 3.37. The monoisotopic (exact) mass is 466 g/mol. The van der Waals surface area contributed by atoms with E-state index < -0.39 is 5.82 Å². The third-order valence-corrected chi connectivity index (χ3v) is 6.32. The van der Waals surface area contributed by atoms with Crippen molar-refractivity contribution < 1.29 is 9.18 Å². The maximum atomic E-state index is 14.3. The number of anilines is 2. The zero-order chi connectivity index (χ0) is 22.4. The van der Waals surface area contributed by atoms with Crippen molar-refractivity contribution in [3.63, 3.8) is 0 Å². The number of fused-ring (bicyclic) bond motifs is 2. The largest absolute Gasteiger partial charge is 0.292 e. The number of benzene rings is 2. The molecular weight excluding hydrogens is 451 g/mol. The topological polar surface area (TPSA) is 68.1 Å². The van der Waals surface area contributed by atoms with Crippen LogP contribution in [0.15, 0.2) is 52.6 Å². The molecule has 0 atom stereocenters. The Kier molecular flexibility index (Phi) is 5.11. The van der Waals surface area contributed by atoms with Gasteiger partial charge in [-0.2, -0.15) is 0 Å². The van der Waals surface area contributed by atoms with Gasteiger partial charge in [0.1, 0.15) is 11.6 Å². The summed E-state index contributed by atoms with van der Waals surface area (Å²) in [6, 6.07) is 11.1. The molecule has 0 fully saturated rings. The molecule has 1 amide bonds. The number of rotatable bonds is 3. The SMILES string of the molecule is CC(=O)N(c1nc(/C=C2\CCn3c2nc2cc(Cl)ccc2c3=O)cs1)c1ccccc1F. The van der Waals surface area contributed by atoms with E-state index in [2.05, 4.69) is 9.97 Å². The molecule has 0 aliphatic carbocycles. The molecule has 5 rings (SSSR count). The zero-order valence-corrected chi connectivity index (χ0v) is 18.5. The molecule has 1 aliphatic rings. The standard InChI is InChI=1S/C23H16ClFN4O2S/c1-13(30)29(20-5-3-2-4-18(20)25)23-26-16(12-32-23)10-14-8-9-28-21(14)27-19-11-15(24)6-7-17(19)22(28)31/h2-7,10-12H,8-9H2,1H3/b14-10+. The molecule has 0 radical (unpaired) electrons. The van der Waals surface area contributed by atoms with E-state index >= 15 is 0 Å². The molecule has 1 aliphatic heterocycles. The first-order valence-electron chi connectivity index (χ1n) is 9.84. The van der Waals surface area contributed by atoms with Crippen molar-refractivity contribution in [3.8, 4) is 0 Å². The Labute approximate surface area is 191 Å². The van der Waals surface area contributed by atoms with Crippen molar-refractivity contribution in [3.05, 3.63) is 80.6 Å². The summed E-state index contributed by atoms with van der Waals surface area (Å²) < 4.78 is 15.9. The molecule has 0 unspecified atom stereocenters. The molecule has 9 heteroatoms. The number of carbonyl (C=O) groups excluding carboxylic acids is 1. The van der Waals surface area contributed by atoms with Crippen LogP contribution in [0.25, 0.3) is 22.6 Å². The number of aromatic nitrogens is 3. The van der Waals surface area contributed by atoms with Crippen LogP contribution in [0.5, 0.6) is 0 Å². The molecular formula is C23H16ClFN4O2S. The van der Waals surface area contributed by atoms with Crippen LogP contribution in [0.4, 0.5) is 15.2 Å². The van der Waals surface area contributed by atoms with Crippen LogP contribution in [0.1, 0.15) is 24.9 Å². The molecule has 3 heterocycles. The van der Waals surface area contributed by atoms with E-state index in [-0.39, 0.29) is 17.2 Å². The third kappa shape index (κ3) is 3.51. The molecule has 160 valence electrons. The van der Waals surface area contributed by atoms with Gasteiger partial charge < -0.3 is 0 Å². The van der Waals surface area contributed by atoms with Gasteiger partial charge in [-0.15, -0.1) is 11.3 Å². The molecule has 2 aromatic carbocycles. The maximum Gasteiger partial charge on any atom is 0.261 e. The molecule has 2 aromatic heterocycles. The quantitative estimate of drug-likeness (QED) is 0.412. The number of allylic oxidation sites excluding steroid dienone is 1. The molecule has 6 nitrogen and oxygen atoms in total. The van der Waals surface area contributed by atoms with Gasteiger partial charge >= 0.3 is 0 Å². The average molecular weight is 467 g/mol. The summed E-state index contributed by atoms with van der Waals surface area (Å²) in [5, 5.41) is 3.19. The van der Waals surface area contributed by atoms with Gasteiger partial charge in [-0.3, -0.25) is 19.1 Å². The summed E-state index contributed by atoms with van der Waals surface area (Å²) in [7, 11) is 0. The van der Waals surface area contributed by atoms with Gasteiger partial charge in [0.25, 0.3) is 5.56 Å². The summed E-state index contributed by atoms with van der Waals surface area (Å²) in [6.07, 6.45) is 2.48. The molecule has 32 heavy (non-hydrogen) atoms. The Morgan fingerprint density at radius 1 is 1.25 bits per heavy atom. The Hall–Kier alpha value is -3.36. The number of amides is 1. The first-order chi connectivity index (χ1) is 15.4. The van der Waals surface area contributed by atoms with Crippen LogP contribution < -0.4 is 10.5 Å². The third-order valence-electron chi connectivity index (χ3n) is 5.24. The summed E-state index contributed by atoms with van der Waals surface area (Å²) in [5.74, 6) is -0.264. The molecule has 0 saturated heterocycles. The van der Waals surface area contributed by atoms with Gasteiger partial charge in [-0.1, -0.05) is 23.7 Å². The number of hydrogen-bond acceptors (Lipinski definition) is 5. The fourth-order valence-corrected chi connectivity index (χ4v) is 4.80. The fourth-order valence-electron chi connectivity index (χ4n) is 3.79. The van der Waals surface area contributed by atoms with Gasteiger partial charge in [0.2, 0.25) is 5.91 Å². The van der Waals surface area contributed by atoms with E-state index in [0.717, 1.165) is 5.57 Å². The second-order valence-corrected chi connectivity index (χ2v) is 8.61. The lowest BCUT2D eigenvalue weighted by molar-refractivity contribution is -0.115. The minimum Gasteiger partial charge on any atom is -0.292 e. The molecule has 4 aromatic rings. The van der Waals surface area contributed by atoms with E-state index in [0.29, 0.717) is 45.5 Å². The van der Waals surface area contributed by atoms with Crippen molar-refractivity contribution in [2.24, 2.45) is 0 Å². The molecule has 0 saturated carbocycles. The lowest BCUT2D eigenvalue weighted by Gasteiger charge is -2.18. The number of thiazole rings is 1. The number of nitrogens with zero attached hydrogens (tertiary/aromatic N) is 4. The number of para-hydroxylation sites is 1. The fraction of sp³-hybridized carbons (Fsp3) is 0.130. The molecule has 0 spiro atoms. The predicted octanol–water partition coefficient (Wildman–Crippen LogP) is 5.27. The van der Waals surface area contributed by atoms with Gasteiger partial charge in [-0.05, 0) is 48.4 Å². The zero-order valence-electron chi connectivity index (χ0n) is 16.9. The van der Waals surface area contributed by atoms with Gasteiger partial charge in [0.05, 0.1) is 22.3 Å². The highest BCUT2D eigenvalue weighted by Crippen LogP contribution is 2.33. The number of hydrogen-bond donors (Lipinski definition) is 0. The summed E-state index contributed by atoms with van der Waals surface area (Å²) in [4.78, 5) is 35.5. The van der Waals surface area contributed by atoms with E-state index in [1.807, 2.05) is 6.08 Å². The normalized spacial score (nSPS) is 14.2. The van der Waals surface area contributed by atoms with E-state index in [9.17, 15) is 14.0 Å². The smallest absolute Gasteiger partial charge is 0.261 e. The van der Waals surface area contributed by atoms with E-state index in [4.69, 9.17) is 11.6 Å². The van der Waals surface area contributed by atoms with Crippen molar-refractivity contribution in [1.82, 2.24) is 14.5 Å². The van der Waals surface area contributed by atoms with Gasteiger partial charge in [0.15, 0.2) is 5.13 Å². The highest BCUT2D eigenvalue weighted by Gasteiger charge is 2.23. The van der Waals surface area contributed by atoms with Crippen LogP contribution in [0.3, 0.4) is 0 Å². The van der Waals surface area contributed by atoms with Crippen LogP contribution in [-0.2, 0) is 11.3 Å². The lowest BCUT2D eigenvalue weighted by Crippen LogP contribution is -2.23. The van der Waals surface area contributed by atoms with E-state index in [1.165, 1.54) is 35.3 Å². The van der Waals surface area contributed by atoms with Crippen molar-refractivity contribution >= 4 is 62.2 Å². The Morgan fingerprint density at radius 3 is 2.84 bits per heavy atom. The summed E-state index contributed by atoms with van der Waals surface area (Å²) in [6.45, 7) is 1.89. The highest BCUT2D eigenvalue weighted by atomic mass is 35.5. The lowest BCUT2D eigenvalue weighted by atomic mass is 10.2. The summed E-state index contributed by atoms with van der Waals surface area (Å²) >= 11 is 7.31. The van der Waals surface area contributed by atoms with Crippen LogP contribution in [0.2, 0.25) is 5.02 Å². The Bertz CT molecular complexity index is 1480. The van der Waals surface area contributed by atoms with Crippen LogP contribution in [-0.4, -0.2) is 20.4 Å². The van der Waals surface area contributed by atoms with Gasteiger partial charge in [0, 0.05) is 23.9 Å². The number of halogens is 2. The Balaban J connectivity index is 1.55. The van der Waals surface area contributed by atoms with Crippen molar-refractivity contribution in [2.75, 3.05) is 4.90 Å². The van der Waals surface area contributed by atoms with Crippen molar-refractivity contribution in [2.45, 2.75) is 19.9 Å². The second kappa shape index (κ2) is 7.96. The second-order valence-electron chi connectivity index (χ2n) is 7.33. The highest BCUT2D eigenvalue weighted by molar-refractivity contribution is 7.14.